The van der Waals surface area contributed by atoms with Gasteiger partial charge in [0.2, 0.25) is 0 Å². The van der Waals surface area contributed by atoms with Crippen molar-refractivity contribution in [2.45, 2.75) is 55.1 Å². The molecule has 0 aromatic heterocycles. The molecule has 1 aliphatic heterocycles. The molecule has 1 heterocycles. The summed E-state index contributed by atoms with van der Waals surface area (Å²) in [6.45, 7) is -2.48. The van der Waals surface area contributed by atoms with Crippen molar-refractivity contribution in [2.24, 2.45) is 0 Å². The standard InChI is InChI=1S/C12H24O11/c13-1-4(16)7(19)10(5(17)2-14)22-12-9(21)8(20)11(23-12)6(18)3-15/h4-21H,1-3H2/t4-,5+,6-,7+,8-,9-,10-,11+,12-/m1/s1. The van der Waals surface area contributed by atoms with E-state index in [2.05, 4.69) is 0 Å². The van der Waals surface area contributed by atoms with E-state index in [1.807, 2.05) is 0 Å². The van der Waals surface area contributed by atoms with E-state index in [9.17, 15) is 30.6 Å². The molecule has 138 valence electrons. The summed E-state index contributed by atoms with van der Waals surface area (Å²) in [6.07, 6.45) is -14.7. The second kappa shape index (κ2) is 9.15. The van der Waals surface area contributed by atoms with Crippen LogP contribution < -0.4 is 0 Å². The number of ether oxygens (including phenoxy) is 2. The van der Waals surface area contributed by atoms with E-state index in [0.29, 0.717) is 0 Å². The maximum atomic E-state index is 9.82. The third-order valence-corrected chi connectivity index (χ3v) is 3.60. The average molecular weight is 344 g/mol. The van der Waals surface area contributed by atoms with Crippen molar-refractivity contribution in [2.75, 3.05) is 19.8 Å². The van der Waals surface area contributed by atoms with Gasteiger partial charge in [-0.1, -0.05) is 0 Å². The zero-order valence-corrected chi connectivity index (χ0v) is 12.2. The maximum Gasteiger partial charge on any atom is 0.187 e. The maximum absolute atomic E-state index is 9.82. The van der Waals surface area contributed by atoms with Gasteiger partial charge in [-0.2, -0.15) is 0 Å². The zero-order valence-electron chi connectivity index (χ0n) is 12.2. The van der Waals surface area contributed by atoms with Gasteiger partial charge < -0.3 is 55.4 Å². The highest BCUT2D eigenvalue weighted by atomic mass is 16.7. The molecule has 11 nitrogen and oxygen atoms in total. The highest BCUT2D eigenvalue weighted by molar-refractivity contribution is 4.92. The Kier molecular flexibility index (Phi) is 8.20. The Bertz CT molecular complexity index is 343. The van der Waals surface area contributed by atoms with E-state index in [1.54, 1.807) is 0 Å². The van der Waals surface area contributed by atoms with E-state index < -0.39 is 74.9 Å². The van der Waals surface area contributed by atoms with Gasteiger partial charge >= 0.3 is 0 Å². The Morgan fingerprint density at radius 1 is 0.826 bits per heavy atom. The Morgan fingerprint density at radius 3 is 1.87 bits per heavy atom. The van der Waals surface area contributed by atoms with E-state index in [1.165, 1.54) is 0 Å². The second-order valence-electron chi connectivity index (χ2n) is 5.29. The van der Waals surface area contributed by atoms with Crippen LogP contribution in [0.25, 0.3) is 0 Å². The van der Waals surface area contributed by atoms with Gasteiger partial charge in [0, 0.05) is 0 Å². The fraction of sp³-hybridized carbons (Fsp3) is 1.00. The van der Waals surface area contributed by atoms with Crippen LogP contribution in [-0.4, -0.2) is 121 Å². The van der Waals surface area contributed by atoms with Crippen LogP contribution in [0, 0.1) is 0 Å². The smallest absolute Gasteiger partial charge is 0.187 e. The molecular weight excluding hydrogens is 320 g/mol. The number of hydrogen-bond acceptors (Lipinski definition) is 11. The first-order valence-corrected chi connectivity index (χ1v) is 7.00. The van der Waals surface area contributed by atoms with Crippen molar-refractivity contribution in [1.29, 1.82) is 0 Å². The zero-order chi connectivity index (χ0) is 17.7. The Balaban J connectivity index is 2.83. The van der Waals surface area contributed by atoms with Crippen molar-refractivity contribution in [3.63, 3.8) is 0 Å². The molecule has 0 spiro atoms. The summed E-state index contributed by atoms with van der Waals surface area (Å²) in [5.74, 6) is 0. The molecule has 0 radical (unpaired) electrons. The Morgan fingerprint density at radius 2 is 1.39 bits per heavy atom. The van der Waals surface area contributed by atoms with E-state index >= 15 is 0 Å². The first-order chi connectivity index (χ1) is 10.8. The van der Waals surface area contributed by atoms with Gasteiger partial charge in [0.15, 0.2) is 6.29 Å². The summed E-state index contributed by atoms with van der Waals surface area (Å²) in [6, 6.07) is 0. The minimum atomic E-state index is -1.84. The molecule has 1 fully saturated rings. The molecule has 0 bridgehead atoms. The van der Waals surface area contributed by atoms with Crippen LogP contribution in [0.4, 0.5) is 0 Å². The predicted molar refractivity (Wildman–Crippen MR) is 70.8 cm³/mol. The molecule has 1 rings (SSSR count). The topological polar surface area (TPSA) is 201 Å². The largest absolute Gasteiger partial charge is 0.394 e. The first-order valence-electron chi connectivity index (χ1n) is 7.00. The summed E-state index contributed by atoms with van der Waals surface area (Å²) in [5.41, 5.74) is 0. The normalized spacial score (nSPS) is 34.8. The molecule has 23 heavy (non-hydrogen) atoms. The monoisotopic (exact) mass is 344 g/mol. The number of aliphatic hydroxyl groups is 9. The number of hydrogen-bond donors (Lipinski definition) is 9. The average Bonchev–Trinajstić information content (AvgIpc) is 2.85. The molecule has 0 aromatic rings. The number of aliphatic hydroxyl groups excluding tert-OH is 9. The van der Waals surface area contributed by atoms with Gasteiger partial charge in [-0.25, -0.2) is 0 Å². The molecule has 11 heteroatoms. The minimum absolute atomic E-state index is 0.754. The van der Waals surface area contributed by atoms with Crippen LogP contribution in [0.5, 0.6) is 0 Å². The third kappa shape index (κ3) is 4.78. The van der Waals surface area contributed by atoms with E-state index in [4.69, 9.17) is 24.8 Å². The van der Waals surface area contributed by atoms with Gasteiger partial charge in [0.05, 0.1) is 19.8 Å². The van der Waals surface area contributed by atoms with Gasteiger partial charge in [0.1, 0.15) is 48.8 Å². The fourth-order valence-corrected chi connectivity index (χ4v) is 2.19. The van der Waals surface area contributed by atoms with Crippen LogP contribution in [0.2, 0.25) is 0 Å². The van der Waals surface area contributed by atoms with Gasteiger partial charge in [-0.3, -0.25) is 0 Å². The Hall–Kier alpha value is -0.440. The SMILES string of the molecule is OC[C@@H](O)[C@H](O)[C@H](O[C@@H]1O[C@@H]([C@H](O)CO)[C@H](O)[C@H]1O)[C@@H](O)CO. The summed E-state index contributed by atoms with van der Waals surface area (Å²) < 4.78 is 10.1. The molecule has 9 atom stereocenters. The highest BCUT2D eigenvalue weighted by Gasteiger charge is 2.48. The molecule has 1 saturated heterocycles. The lowest BCUT2D eigenvalue weighted by molar-refractivity contribution is -0.248. The molecule has 0 saturated carbocycles. The summed E-state index contributed by atoms with van der Waals surface area (Å²) in [4.78, 5) is 0. The van der Waals surface area contributed by atoms with E-state index in [-0.39, 0.29) is 0 Å². The summed E-state index contributed by atoms with van der Waals surface area (Å²) >= 11 is 0. The van der Waals surface area contributed by atoms with Crippen molar-refractivity contribution in [3.8, 4) is 0 Å². The lowest BCUT2D eigenvalue weighted by Crippen LogP contribution is -2.51. The van der Waals surface area contributed by atoms with Gasteiger partial charge in [-0.05, 0) is 0 Å². The summed E-state index contributed by atoms with van der Waals surface area (Å²) in [5, 5.41) is 84.6. The van der Waals surface area contributed by atoms with Crippen LogP contribution in [-0.2, 0) is 9.47 Å². The van der Waals surface area contributed by atoms with Crippen LogP contribution >= 0.6 is 0 Å². The summed E-state index contributed by atoms with van der Waals surface area (Å²) in [7, 11) is 0. The molecule has 9 N–H and O–H groups in total. The number of rotatable bonds is 9. The van der Waals surface area contributed by atoms with Crippen LogP contribution in [0.3, 0.4) is 0 Å². The van der Waals surface area contributed by atoms with Crippen molar-refractivity contribution in [3.05, 3.63) is 0 Å². The third-order valence-electron chi connectivity index (χ3n) is 3.60. The lowest BCUT2D eigenvalue weighted by atomic mass is 10.0. The van der Waals surface area contributed by atoms with Crippen LogP contribution in [0.1, 0.15) is 0 Å². The predicted octanol–water partition coefficient (Wildman–Crippen LogP) is -5.76. The second-order valence-corrected chi connectivity index (χ2v) is 5.29. The molecular formula is C12H24O11. The van der Waals surface area contributed by atoms with Gasteiger partial charge in [0.25, 0.3) is 0 Å². The Labute approximate surface area is 131 Å². The minimum Gasteiger partial charge on any atom is -0.394 e. The quantitative estimate of drug-likeness (QED) is 0.193. The van der Waals surface area contributed by atoms with Gasteiger partial charge in [-0.15, -0.1) is 0 Å². The van der Waals surface area contributed by atoms with Crippen molar-refractivity contribution in [1.82, 2.24) is 0 Å². The lowest BCUT2D eigenvalue weighted by Gasteiger charge is -2.31. The highest BCUT2D eigenvalue weighted by Crippen LogP contribution is 2.27. The molecule has 0 amide bonds. The molecule has 0 aromatic carbocycles. The molecule has 0 unspecified atom stereocenters. The fourth-order valence-electron chi connectivity index (χ4n) is 2.19. The van der Waals surface area contributed by atoms with E-state index in [0.717, 1.165) is 0 Å². The molecule has 0 aliphatic carbocycles. The van der Waals surface area contributed by atoms with Crippen molar-refractivity contribution >= 4 is 0 Å². The molecule has 1 aliphatic rings. The first kappa shape index (κ1) is 20.6. The van der Waals surface area contributed by atoms with Crippen LogP contribution in [0.15, 0.2) is 0 Å². The van der Waals surface area contributed by atoms with Crippen molar-refractivity contribution < 1.29 is 55.4 Å².